The molecule has 0 heterocycles. The molecule has 1 atom stereocenters. The molecule has 2 rings (SSSR count). The van der Waals surface area contributed by atoms with Gasteiger partial charge in [0.1, 0.15) is 5.82 Å². The highest BCUT2D eigenvalue weighted by Crippen LogP contribution is 2.26. The largest absolute Gasteiger partial charge is 0.324 e. The van der Waals surface area contributed by atoms with Crippen molar-refractivity contribution in [1.29, 1.82) is 0 Å². The van der Waals surface area contributed by atoms with E-state index < -0.39 is 0 Å². The number of hydrogen-bond donors (Lipinski definition) is 1. The van der Waals surface area contributed by atoms with Crippen molar-refractivity contribution < 1.29 is 4.39 Å². The predicted octanol–water partition coefficient (Wildman–Crippen LogP) is 4.45. The molecule has 100 valence electrons. The molecule has 0 radical (unpaired) electrons. The van der Waals surface area contributed by atoms with Crippen LogP contribution in [0.1, 0.15) is 28.3 Å². The van der Waals surface area contributed by atoms with Crippen molar-refractivity contribution in [1.82, 2.24) is 0 Å². The van der Waals surface area contributed by atoms with Crippen molar-refractivity contribution >= 4 is 15.9 Å². The molecule has 3 heteroatoms. The summed E-state index contributed by atoms with van der Waals surface area (Å²) in [6, 6.07) is 10.9. The van der Waals surface area contributed by atoms with Crippen molar-refractivity contribution in [3.05, 3.63) is 68.9 Å². The molecule has 2 N–H and O–H groups in total. The molecule has 1 nitrogen and oxygen atoms in total. The Bertz CT molecular complexity index is 595. The smallest absolute Gasteiger partial charge is 0.123 e. The summed E-state index contributed by atoms with van der Waals surface area (Å²) in [5.74, 6) is -0.202. The van der Waals surface area contributed by atoms with Crippen LogP contribution >= 0.6 is 15.9 Å². The molecule has 0 bridgehead atoms. The van der Waals surface area contributed by atoms with Gasteiger partial charge in [0, 0.05) is 10.5 Å². The lowest BCUT2D eigenvalue weighted by Crippen LogP contribution is -2.14. The van der Waals surface area contributed by atoms with E-state index >= 15 is 0 Å². The second-order valence-electron chi connectivity index (χ2n) is 4.91. The van der Waals surface area contributed by atoms with E-state index in [4.69, 9.17) is 5.73 Å². The molecule has 2 aromatic carbocycles. The topological polar surface area (TPSA) is 26.0 Å². The summed E-state index contributed by atoms with van der Waals surface area (Å²) in [5, 5.41) is 0. The van der Waals surface area contributed by atoms with E-state index in [0.29, 0.717) is 6.42 Å². The molecule has 19 heavy (non-hydrogen) atoms. The maximum atomic E-state index is 13.1. The molecule has 0 amide bonds. The Balaban J connectivity index is 2.23. The van der Waals surface area contributed by atoms with Crippen molar-refractivity contribution in [3.8, 4) is 0 Å². The lowest BCUT2D eigenvalue weighted by Gasteiger charge is -2.16. The van der Waals surface area contributed by atoms with Crippen molar-refractivity contribution in [3.63, 3.8) is 0 Å². The van der Waals surface area contributed by atoms with Crippen LogP contribution in [0.2, 0.25) is 0 Å². The quantitative estimate of drug-likeness (QED) is 0.888. The van der Waals surface area contributed by atoms with Gasteiger partial charge in [-0.15, -0.1) is 0 Å². The van der Waals surface area contributed by atoms with Gasteiger partial charge in [0.15, 0.2) is 0 Å². The van der Waals surface area contributed by atoms with E-state index in [1.165, 1.54) is 11.6 Å². The standard InChI is InChI=1S/C16H17BrFN/c1-10-3-6-14(15(17)7-10)16(19)9-12-4-5-13(18)8-11(12)2/h3-8,16H,9,19H2,1-2H3. The molecule has 0 aliphatic heterocycles. The molecule has 0 saturated heterocycles. The molecule has 0 aliphatic carbocycles. The maximum Gasteiger partial charge on any atom is 0.123 e. The molecule has 0 aliphatic rings. The van der Waals surface area contributed by atoms with Crippen LogP contribution in [-0.4, -0.2) is 0 Å². The van der Waals surface area contributed by atoms with E-state index in [1.54, 1.807) is 6.07 Å². The van der Waals surface area contributed by atoms with Crippen LogP contribution in [0.4, 0.5) is 4.39 Å². The van der Waals surface area contributed by atoms with Crippen LogP contribution < -0.4 is 5.73 Å². The molecule has 1 unspecified atom stereocenters. The molecule has 0 saturated carbocycles. The van der Waals surface area contributed by atoms with Crippen LogP contribution in [0.15, 0.2) is 40.9 Å². The van der Waals surface area contributed by atoms with Crippen LogP contribution in [0.25, 0.3) is 0 Å². The summed E-state index contributed by atoms with van der Waals surface area (Å²) in [6.45, 7) is 3.96. The van der Waals surface area contributed by atoms with E-state index in [2.05, 4.69) is 28.1 Å². The molecule has 0 fully saturated rings. The Kier molecular flexibility index (Phi) is 4.38. The number of halogens is 2. The van der Waals surface area contributed by atoms with E-state index in [9.17, 15) is 4.39 Å². The lowest BCUT2D eigenvalue weighted by molar-refractivity contribution is 0.623. The van der Waals surface area contributed by atoms with Gasteiger partial charge < -0.3 is 5.73 Å². The third kappa shape index (κ3) is 3.43. The second-order valence-corrected chi connectivity index (χ2v) is 5.76. The predicted molar refractivity (Wildman–Crippen MR) is 80.6 cm³/mol. The Morgan fingerprint density at radius 2 is 1.89 bits per heavy atom. The SMILES string of the molecule is Cc1ccc(C(N)Cc2ccc(F)cc2C)c(Br)c1. The zero-order valence-corrected chi connectivity index (χ0v) is 12.7. The van der Waals surface area contributed by atoms with Gasteiger partial charge in [0.25, 0.3) is 0 Å². The fourth-order valence-corrected chi connectivity index (χ4v) is 2.96. The molecular weight excluding hydrogens is 305 g/mol. The average Bonchev–Trinajstić information content (AvgIpc) is 2.32. The number of benzene rings is 2. The Morgan fingerprint density at radius 3 is 2.53 bits per heavy atom. The van der Waals surface area contributed by atoms with Gasteiger partial charge in [-0.05, 0) is 60.7 Å². The highest BCUT2D eigenvalue weighted by molar-refractivity contribution is 9.10. The average molecular weight is 322 g/mol. The van der Waals surface area contributed by atoms with Crippen LogP contribution in [0, 0.1) is 19.7 Å². The van der Waals surface area contributed by atoms with Crippen LogP contribution in [0.3, 0.4) is 0 Å². The summed E-state index contributed by atoms with van der Waals surface area (Å²) in [4.78, 5) is 0. The van der Waals surface area contributed by atoms with Gasteiger partial charge in [-0.2, -0.15) is 0 Å². The highest BCUT2D eigenvalue weighted by atomic mass is 79.9. The first-order valence-electron chi connectivity index (χ1n) is 6.24. The van der Waals surface area contributed by atoms with Crippen molar-refractivity contribution in [2.24, 2.45) is 5.73 Å². The monoisotopic (exact) mass is 321 g/mol. The second kappa shape index (κ2) is 5.85. The van der Waals surface area contributed by atoms with E-state index in [-0.39, 0.29) is 11.9 Å². The molecular formula is C16H17BrFN. The van der Waals surface area contributed by atoms with Gasteiger partial charge in [0.05, 0.1) is 0 Å². The summed E-state index contributed by atoms with van der Waals surface area (Å²) >= 11 is 3.55. The number of hydrogen-bond acceptors (Lipinski definition) is 1. The molecule has 2 aromatic rings. The summed E-state index contributed by atoms with van der Waals surface area (Å²) < 4.78 is 14.1. The minimum atomic E-state index is -0.202. The minimum Gasteiger partial charge on any atom is -0.324 e. The molecule has 0 spiro atoms. The zero-order valence-electron chi connectivity index (χ0n) is 11.1. The van der Waals surface area contributed by atoms with Crippen LogP contribution in [0.5, 0.6) is 0 Å². The van der Waals surface area contributed by atoms with E-state index in [0.717, 1.165) is 21.2 Å². The van der Waals surface area contributed by atoms with Crippen LogP contribution in [-0.2, 0) is 6.42 Å². The van der Waals surface area contributed by atoms with Crippen molar-refractivity contribution in [2.45, 2.75) is 26.3 Å². The van der Waals surface area contributed by atoms with Gasteiger partial charge in [-0.25, -0.2) is 4.39 Å². The summed E-state index contributed by atoms with van der Waals surface area (Å²) in [5.41, 5.74) is 10.6. The normalized spacial score (nSPS) is 12.5. The zero-order chi connectivity index (χ0) is 14.0. The number of aryl methyl sites for hydroxylation is 2. The van der Waals surface area contributed by atoms with Gasteiger partial charge in [-0.3, -0.25) is 0 Å². The van der Waals surface area contributed by atoms with E-state index in [1.807, 2.05) is 26.0 Å². The first kappa shape index (κ1) is 14.2. The summed E-state index contributed by atoms with van der Waals surface area (Å²) in [6.07, 6.45) is 0.702. The van der Waals surface area contributed by atoms with Gasteiger partial charge in [0.2, 0.25) is 0 Å². The Morgan fingerprint density at radius 1 is 1.16 bits per heavy atom. The minimum absolute atomic E-state index is 0.0980. The Hall–Kier alpha value is -1.19. The first-order chi connectivity index (χ1) is 8.97. The Labute approximate surface area is 121 Å². The number of nitrogens with two attached hydrogens (primary N) is 1. The summed E-state index contributed by atoms with van der Waals surface area (Å²) in [7, 11) is 0. The fraction of sp³-hybridized carbons (Fsp3) is 0.250. The lowest BCUT2D eigenvalue weighted by atomic mass is 9.96. The third-order valence-electron chi connectivity index (χ3n) is 3.30. The van der Waals surface area contributed by atoms with Gasteiger partial charge >= 0.3 is 0 Å². The van der Waals surface area contributed by atoms with Crippen molar-refractivity contribution in [2.75, 3.05) is 0 Å². The van der Waals surface area contributed by atoms with Gasteiger partial charge in [-0.1, -0.05) is 34.1 Å². The fourth-order valence-electron chi connectivity index (χ4n) is 2.17. The molecule has 0 aromatic heterocycles. The highest BCUT2D eigenvalue weighted by Gasteiger charge is 2.12. The first-order valence-corrected chi connectivity index (χ1v) is 7.03. The number of rotatable bonds is 3. The third-order valence-corrected chi connectivity index (χ3v) is 3.99. The maximum absolute atomic E-state index is 13.1.